The summed E-state index contributed by atoms with van der Waals surface area (Å²) in [4.78, 5) is 4.62. The van der Waals surface area contributed by atoms with Gasteiger partial charge < -0.3 is 9.30 Å². The third-order valence-corrected chi connectivity index (χ3v) is 3.04. The van der Waals surface area contributed by atoms with Crippen molar-refractivity contribution >= 4 is 23.7 Å². The van der Waals surface area contributed by atoms with Gasteiger partial charge in [0.1, 0.15) is 11.6 Å². The third-order valence-electron chi connectivity index (χ3n) is 2.76. The highest BCUT2D eigenvalue weighted by Crippen LogP contribution is 2.23. The Morgan fingerprint density at radius 1 is 1.39 bits per heavy atom. The molecule has 0 spiro atoms. The first-order valence-corrected chi connectivity index (χ1v) is 7.05. The number of ether oxygens (including phenoxy) is 1. The Labute approximate surface area is 114 Å². The summed E-state index contributed by atoms with van der Waals surface area (Å²) in [5, 5.41) is 0. The van der Waals surface area contributed by atoms with Gasteiger partial charge >= 0.3 is 0 Å². The van der Waals surface area contributed by atoms with Crippen LogP contribution in [-0.2, 0) is 12.3 Å². The molecule has 2 rings (SSSR count). The largest absolute Gasteiger partial charge is 0.491 e. The van der Waals surface area contributed by atoms with Crippen LogP contribution < -0.4 is 4.74 Å². The molecule has 0 aliphatic heterocycles. The molecule has 0 aliphatic carbocycles. The van der Waals surface area contributed by atoms with Crippen LogP contribution in [0.15, 0.2) is 18.2 Å². The molecule has 0 radical (unpaired) electrons. The molecular formula is C14H20N2OS. The Morgan fingerprint density at radius 3 is 2.78 bits per heavy atom. The number of benzene rings is 1. The fraction of sp³-hybridized carbons (Fsp3) is 0.500. The van der Waals surface area contributed by atoms with E-state index in [1.165, 1.54) is 0 Å². The zero-order valence-corrected chi connectivity index (χ0v) is 12.1. The maximum absolute atomic E-state index is 5.70. The number of imidazole rings is 1. The summed E-state index contributed by atoms with van der Waals surface area (Å²) >= 11 is 4.35. The molecule has 4 heteroatoms. The highest BCUT2D eigenvalue weighted by Gasteiger charge is 2.10. The monoisotopic (exact) mass is 264 g/mol. The van der Waals surface area contributed by atoms with Crippen molar-refractivity contribution in [2.24, 2.45) is 0 Å². The van der Waals surface area contributed by atoms with Crippen molar-refractivity contribution in [3.05, 3.63) is 24.0 Å². The molecule has 0 atom stereocenters. The molecule has 0 saturated carbocycles. The van der Waals surface area contributed by atoms with Gasteiger partial charge in [-0.15, -0.1) is 0 Å². The summed E-state index contributed by atoms with van der Waals surface area (Å²) in [6.07, 6.45) is 1.28. The summed E-state index contributed by atoms with van der Waals surface area (Å²) in [7, 11) is 0. The number of thiol groups is 1. The highest BCUT2D eigenvalue weighted by molar-refractivity contribution is 7.79. The van der Waals surface area contributed by atoms with E-state index in [9.17, 15) is 0 Å². The van der Waals surface area contributed by atoms with E-state index in [1.807, 2.05) is 26.0 Å². The van der Waals surface area contributed by atoms with E-state index < -0.39 is 0 Å². The molecule has 0 aliphatic rings. The number of nitrogens with zero attached hydrogens (tertiary/aromatic N) is 2. The first-order valence-electron chi connectivity index (χ1n) is 6.42. The van der Waals surface area contributed by atoms with Gasteiger partial charge in [0.25, 0.3) is 0 Å². The topological polar surface area (TPSA) is 27.1 Å². The molecule has 3 nitrogen and oxygen atoms in total. The zero-order valence-electron chi connectivity index (χ0n) is 11.2. The van der Waals surface area contributed by atoms with Crippen molar-refractivity contribution < 1.29 is 4.74 Å². The number of hydrogen-bond acceptors (Lipinski definition) is 3. The molecule has 0 amide bonds. The molecule has 18 heavy (non-hydrogen) atoms. The van der Waals surface area contributed by atoms with Crippen LogP contribution in [-0.4, -0.2) is 15.7 Å². The lowest BCUT2D eigenvalue weighted by Crippen LogP contribution is -2.05. The Hall–Kier alpha value is -1.16. The predicted octanol–water partition coefficient (Wildman–Crippen LogP) is 3.66. The second-order valence-electron chi connectivity index (χ2n) is 4.65. The van der Waals surface area contributed by atoms with Gasteiger partial charge in [-0.3, -0.25) is 0 Å². The highest BCUT2D eigenvalue weighted by atomic mass is 32.1. The van der Waals surface area contributed by atoms with Gasteiger partial charge in [-0.1, -0.05) is 6.92 Å². The van der Waals surface area contributed by atoms with Gasteiger partial charge in [-0.2, -0.15) is 12.6 Å². The van der Waals surface area contributed by atoms with E-state index >= 15 is 0 Å². The van der Waals surface area contributed by atoms with E-state index in [2.05, 4.69) is 35.2 Å². The third kappa shape index (κ3) is 2.64. The molecule has 98 valence electrons. The van der Waals surface area contributed by atoms with E-state index in [1.54, 1.807) is 0 Å². The fourth-order valence-electron chi connectivity index (χ4n) is 2.10. The molecule has 1 aromatic heterocycles. The molecule has 0 bridgehead atoms. The van der Waals surface area contributed by atoms with Crippen LogP contribution >= 0.6 is 12.6 Å². The predicted molar refractivity (Wildman–Crippen MR) is 78.5 cm³/mol. The van der Waals surface area contributed by atoms with Crippen molar-refractivity contribution in [1.29, 1.82) is 0 Å². The van der Waals surface area contributed by atoms with Gasteiger partial charge in [-0.05, 0) is 32.4 Å². The lowest BCUT2D eigenvalue weighted by atomic mass is 10.3. The maximum Gasteiger partial charge on any atom is 0.121 e. The number of aromatic nitrogens is 2. The van der Waals surface area contributed by atoms with Crippen molar-refractivity contribution in [2.75, 3.05) is 0 Å². The lowest BCUT2D eigenvalue weighted by molar-refractivity contribution is 0.242. The van der Waals surface area contributed by atoms with Crippen LogP contribution in [0.4, 0.5) is 0 Å². The summed E-state index contributed by atoms with van der Waals surface area (Å²) in [6, 6.07) is 6.11. The van der Waals surface area contributed by atoms with E-state index in [0.717, 1.165) is 35.6 Å². The maximum atomic E-state index is 5.70. The van der Waals surface area contributed by atoms with Crippen LogP contribution in [0.2, 0.25) is 0 Å². The van der Waals surface area contributed by atoms with Gasteiger partial charge in [0.2, 0.25) is 0 Å². The van der Waals surface area contributed by atoms with Crippen LogP contribution in [0.25, 0.3) is 11.0 Å². The standard InChI is InChI=1S/C14H20N2OS/c1-4-7-16-13-6-5-11(17-10(2)3)8-12(13)15-14(16)9-18/h5-6,8,10,18H,4,7,9H2,1-3H3. The summed E-state index contributed by atoms with van der Waals surface area (Å²) in [5.41, 5.74) is 2.16. The first-order chi connectivity index (χ1) is 8.65. The molecular weight excluding hydrogens is 244 g/mol. The number of fused-ring (bicyclic) bond motifs is 1. The minimum absolute atomic E-state index is 0.185. The average Bonchev–Trinajstić information content (AvgIpc) is 2.66. The van der Waals surface area contributed by atoms with E-state index in [0.29, 0.717) is 5.75 Å². The molecule has 0 unspecified atom stereocenters. The van der Waals surface area contributed by atoms with Gasteiger partial charge in [0, 0.05) is 18.4 Å². The minimum Gasteiger partial charge on any atom is -0.491 e. The molecule has 1 heterocycles. The second-order valence-corrected chi connectivity index (χ2v) is 4.97. The number of rotatable bonds is 5. The van der Waals surface area contributed by atoms with Gasteiger partial charge in [0.05, 0.1) is 17.1 Å². The molecule has 0 fully saturated rings. The molecule has 1 aromatic carbocycles. The van der Waals surface area contributed by atoms with Crippen LogP contribution in [0.3, 0.4) is 0 Å². The number of aryl methyl sites for hydroxylation is 1. The van der Waals surface area contributed by atoms with Gasteiger partial charge in [0.15, 0.2) is 0 Å². The van der Waals surface area contributed by atoms with Gasteiger partial charge in [-0.25, -0.2) is 4.98 Å². The van der Waals surface area contributed by atoms with Crippen molar-refractivity contribution in [1.82, 2.24) is 9.55 Å². The second kappa shape index (κ2) is 5.65. The quantitative estimate of drug-likeness (QED) is 0.834. The van der Waals surface area contributed by atoms with Crippen LogP contribution in [0.1, 0.15) is 33.0 Å². The number of hydrogen-bond donors (Lipinski definition) is 1. The Morgan fingerprint density at radius 2 is 2.17 bits per heavy atom. The van der Waals surface area contributed by atoms with Crippen molar-refractivity contribution in [2.45, 2.75) is 45.6 Å². The van der Waals surface area contributed by atoms with Crippen LogP contribution in [0, 0.1) is 0 Å². The van der Waals surface area contributed by atoms with Crippen LogP contribution in [0.5, 0.6) is 5.75 Å². The van der Waals surface area contributed by atoms with E-state index in [4.69, 9.17) is 4.74 Å². The summed E-state index contributed by atoms with van der Waals surface area (Å²) in [6.45, 7) is 7.21. The Bertz CT molecular complexity index is 534. The summed E-state index contributed by atoms with van der Waals surface area (Å²) in [5.74, 6) is 2.57. The molecule has 0 saturated heterocycles. The smallest absolute Gasteiger partial charge is 0.121 e. The van der Waals surface area contributed by atoms with E-state index in [-0.39, 0.29) is 6.10 Å². The fourth-order valence-corrected chi connectivity index (χ4v) is 2.34. The SMILES string of the molecule is CCCn1c(CS)nc2cc(OC(C)C)ccc21. The first kappa shape index (κ1) is 13.3. The lowest BCUT2D eigenvalue weighted by Gasteiger charge is -2.09. The van der Waals surface area contributed by atoms with Crippen molar-refractivity contribution in [3.8, 4) is 5.75 Å². The normalized spacial score (nSPS) is 11.4. The van der Waals surface area contributed by atoms with Crippen molar-refractivity contribution in [3.63, 3.8) is 0 Å². The zero-order chi connectivity index (χ0) is 13.1. The Balaban J connectivity index is 2.45. The average molecular weight is 264 g/mol. The molecule has 2 aromatic rings. The Kier molecular flexibility index (Phi) is 4.17. The minimum atomic E-state index is 0.185. The summed E-state index contributed by atoms with van der Waals surface area (Å²) < 4.78 is 7.93. The molecule has 0 N–H and O–H groups in total.